The lowest BCUT2D eigenvalue weighted by molar-refractivity contribution is -0.127. The van der Waals surface area contributed by atoms with Crippen LogP contribution in [-0.2, 0) is 9.53 Å². The minimum absolute atomic E-state index is 0.0551. The van der Waals surface area contributed by atoms with Gasteiger partial charge in [0.15, 0.2) is 0 Å². The highest BCUT2D eigenvalue weighted by Crippen LogP contribution is 2.17. The number of nitrogens with zero attached hydrogens (tertiary/aromatic N) is 1. The quantitative estimate of drug-likeness (QED) is 0.805. The molecule has 2 amide bonds. The van der Waals surface area contributed by atoms with Crippen LogP contribution >= 0.6 is 0 Å². The normalized spacial score (nSPS) is 18.2. The molecule has 1 heterocycles. The number of carbonyl (C=O) groups excluding carboxylic acids is 2. The fourth-order valence-corrected chi connectivity index (χ4v) is 3.24. The molecule has 1 aromatic rings. The van der Waals surface area contributed by atoms with Gasteiger partial charge in [0.2, 0.25) is 5.91 Å². The number of benzene rings is 1. The Morgan fingerprint density at radius 1 is 1.14 bits per heavy atom. The van der Waals surface area contributed by atoms with Crippen molar-refractivity contribution >= 4 is 12.0 Å². The number of carbonyl (C=O) groups is 2. The Morgan fingerprint density at radius 3 is 2.25 bits per heavy atom. The van der Waals surface area contributed by atoms with Crippen LogP contribution in [0.1, 0.15) is 59.1 Å². The van der Waals surface area contributed by atoms with Gasteiger partial charge in [-0.15, -0.1) is 0 Å². The highest BCUT2D eigenvalue weighted by atomic mass is 19.1. The average molecular weight is 394 g/mol. The molecule has 1 aliphatic heterocycles. The Hall–Kier alpha value is -2.15. The van der Waals surface area contributed by atoms with Crippen LogP contribution in [0.3, 0.4) is 0 Å². The van der Waals surface area contributed by atoms with E-state index < -0.39 is 11.7 Å². The van der Waals surface area contributed by atoms with Crippen molar-refractivity contribution in [3.8, 4) is 0 Å². The summed E-state index contributed by atoms with van der Waals surface area (Å²) in [6, 6.07) is 5.73. The molecule has 0 spiro atoms. The number of halogens is 1. The Kier molecular flexibility index (Phi) is 7.41. The molecular weight excluding hydrogens is 361 g/mol. The molecule has 1 fully saturated rings. The van der Waals surface area contributed by atoms with Crippen LogP contribution < -0.4 is 10.6 Å². The summed E-state index contributed by atoms with van der Waals surface area (Å²) in [5, 5.41) is 5.89. The van der Waals surface area contributed by atoms with Crippen molar-refractivity contribution in [1.82, 2.24) is 15.5 Å². The van der Waals surface area contributed by atoms with Crippen LogP contribution in [0.5, 0.6) is 0 Å². The predicted octanol–water partition coefficient (Wildman–Crippen LogP) is 3.38. The molecule has 0 bridgehead atoms. The summed E-state index contributed by atoms with van der Waals surface area (Å²) >= 11 is 0. The molecule has 1 saturated heterocycles. The first-order valence-electron chi connectivity index (χ1n) is 9.84. The van der Waals surface area contributed by atoms with Gasteiger partial charge < -0.3 is 15.4 Å². The van der Waals surface area contributed by atoms with Gasteiger partial charge >= 0.3 is 6.09 Å². The van der Waals surface area contributed by atoms with Crippen molar-refractivity contribution in [3.05, 3.63) is 35.6 Å². The van der Waals surface area contributed by atoms with Crippen LogP contribution in [0.25, 0.3) is 0 Å². The second kappa shape index (κ2) is 9.37. The van der Waals surface area contributed by atoms with Gasteiger partial charge in [-0.05, 0) is 65.2 Å². The standard InChI is InChI=1S/C21H32FN3O3/c1-14(16-6-8-17(22)9-7-16)23-19(26)15(2)25-12-10-18(11-13-25)24-20(27)28-21(3,4)5/h6-9,14-15,18H,10-13H2,1-5H3,(H,23,26)(H,24,27). The lowest BCUT2D eigenvalue weighted by Gasteiger charge is -2.36. The second-order valence-electron chi connectivity index (χ2n) is 8.41. The number of alkyl carbamates (subject to hydrolysis) is 1. The first-order chi connectivity index (χ1) is 13.0. The molecule has 0 aliphatic carbocycles. The fraction of sp³-hybridized carbons (Fsp3) is 0.619. The topological polar surface area (TPSA) is 70.7 Å². The molecule has 1 aliphatic rings. The van der Waals surface area contributed by atoms with E-state index >= 15 is 0 Å². The predicted molar refractivity (Wildman–Crippen MR) is 106 cm³/mol. The van der Waals surface area contributed by atoms with Gasteiger partial charge in [-0.3, -0.25) is 9.69 Å². The molecule has 28 heavy (non-hydrogen) atoms. The van der Waals surface area contributed by atoms with Gasteiger partial charge in [-0.1, -0.05) is 12.1 Å². The Morgan fingerprint density at radius 2 is 1.71 bits per heavy atom. The Balaban J connectivity index is 1.79. The molecule has 0 aromatic heterocycles. The van der Waals surface area contributed by atoms with Gasteiger partial charge in [0.1, 0.15) is 11.4 Å². The van der Waals surface area contributed by atoms with E-state index in [9.17, 15) is 14.0 Å². The molecule has 2 atom stereocenters. The number of hydrogen-bond acceptors (Lipinski definition) is 4. The smallest absolute Gasteiger partial charge is 0.407 e. The zero-order valence-corrected chi connectivity index (χ0v) is 17.4. The van der Waals surface area contributed by atoms with E-state index in [1.165, 1.54) is 12.1 Å². The van der Waals surface area contributed by atoms with Gasteiger partial charge in [0, 0.05) is 19.1 Å². The summed E-state index contributed by atoms with van der Waals surface area (Å²) < 4.78 is 18.3. The summed E-state index contributed by atoms with van der Waals surface area (Å²) in [5.41, 5.74) is 0.348. The minimum Gasteiger partial charge on any atom is -0.444 e. The fourth-order valence-electron chi connectivity index (χ4n) is 3.24. The maximum atomic E-state index is 13.0. The zero-order chi connectivity index (χ0) is 20.9. The first kappa shape index (κ1) is 22.1. The summed E-state index contributed by atoms with van der Waals surface area (Å²) in [6.45, 7) is 10.7. The zero-order valence-electron chi connectivity index (χ0n) is 17.4. The van der Waals surface area contributed by atoms with Crippen molar-refractivity contribution in [2.24, 2.45) is 0 Å². The third-order valence-electron chi connectivity index (χ3n) is 4.91. The summed E-state index contributed by atoms with van der Waals surface area (Å²) in [4.78, 5) is 26.6. The number of ether oxygens (including phenoxy) is 1. The van der Waals surface area contributed by atoms with E-state index in [2.05, 4.69) is 15.5 Å². The van der Waals surface area contributed by atoms with Crippen LogP contribution in [-0.4, -0.2) is 47.7 Å². The average Bonchev–Trinajstić information content (AvgIpc) is 2.60. The molecule has 2 N–H and O–H groups in total. The maximum Gasteiger partial charge on any atom is 0.407 e. The highest BCUT2D eigenvalue weighted by molar-refractivity contribution is 5.81. The van der Waals surface area contributed by atoms with Gasteiger partial charge in [-0.2, -0.15) is 0 Å². The van der Waals surface area contributed by atoms with Crippen molar-refractivity contribution in [3.63, 3.8) is 0 Å². The third kappa shape index (κ3) is 6.78. The first-order valence-corrected chi connectivity index (χ1v) is 9.84. The van der Waals surface area contributed by atoms with E-state index in [0.717, 1.165) is 31.5 Å². The SMILES string of the molecule is CC(NC(=O)C(C)N1CCC(NC(=O)OC(C)(C)C)CC1)c1ccc(F)cc1. The number of piperidine rings is 1. The van der Waals surface area contributed by atoms with Crippen molar-refractivity contribution in [2.75, 3.05) is 13.1 Å². The maximum absolute atomic E-state index is 13.0. The Bertz CT molecular complexity index is 664. The lowest BCUT2D eigenvalue weighted by atomic mass is 10.0. The van der Waals surface area contributed by atoms with Gasteiger partial charge in [0.05, 0.1) is 12.1 Å². The van der Waals surface area contributed by atoms with Crippen molar-refractivity contribution in [1.29, 1.82) is 0 Å². The second-order valence-corrected chi connectivity index (χ2v) is 8.41. The molecule has 0 radical (unpaired) electrons. The number of rotatable bonds is 5. The largest absolute Gasteiger partial charge is 0.444 e. The lowest BCUT2D eigenvalue weighted by Crippen LogP contribution is -2.52. The molecular formula is C21H32FN3O3. The number of amides is 2. The summed E-state index contributed by atoms with van der Waals surface area (Å²) in [5.74, 6) is -0.353. The van der Waals surface area contributed by atoms with E-state index in [1.54, 1.807) is 12.1 Å². The number of nitrogens with one attached hydrogen (secondary N) is 2. The molecule has 156 valence electrons. The Labute approximate surface area is 166 Å². The van der Waals surface area contributed by atoms with Gasteiger partial charge in [-0.25, -0.2) is 9.18 Å². The van der Waals surface area contributed by atoms with E-state index in [1.807, 2.05) is 34.6 Å². The molecule has 7 heteroatoms. The van der Waals surface area contributed by atoms with Crippen molar-refractivity contribution in [2.45, 2.75) is 71.2 Å². The van der Waals surface area contributed by atoms with Crippen LogP contribution in [0.15, 0.2) is 24.3 Å². The third-order valence-corrected chi connectivity index (χ3v) is 4.91. The molecule has 6 nitrogen and oxygen atoms in total. The highest BCUT2D eigenvalue weighted by Gasteiger charge is 2.29. The van der Waals surface area contributed by atoms with Crippen LogP contribution in [0.4, 0.5) is 9.18 Å². The van der Waals surface area contributed by atoms with Crippen LogP contribution in [0, 0.1) is 5.82 Å². The van der Waals surface area contributed by atoms with Crippen molar-refractivity contribution < 1.29 is 18.7 Å². The molecule has 1 aromatic carbocycles. The summed E-state index contributed by atoms with van der Waals surface area (Å²) in [7, 11) is 0. The molecule has 0 saturated carbocycles. The van der Waals surface area contributed by atoms with E-state index in [0.29, 0.717) is 0 Å². The van der Waals surface area contributed by atoms with Crippen LogP contribution in [0.2, 0.25) is 0 Å². The van der Waals surface area contributed by atoms with E-state index in [-0.39, 0.29) is 29.8 Å². The minimum atomic E-state index is -0.515. The molecule has 2 rings (SSSR count). The van der Waals surface area contributed by atoms with Gasteiger partial charge in [0.25, 0.3) is 0 Å². The molecule has 2 unspecified atom stereocenters. The van der Waals surface area contributed by atoms with E-state index in [4.69, 9.17) is 4.74 Å². The number of likely N-dealkylation sites (tertiary alicyclic amines) is 1. The monoisotopic (exact) mass is 393 g/mol. The summed E-state index contributed by atoms with van der Waals surface area (Å²) in [6.07, 6.45) is 1.14. The number of hydrogen-bond donors (Lipinski definition) is 2.